The average molecular weight is 248 g/mol. The van der Waals surface area contributed by atoms with Gasteiger partial charge < -0.3 is 10.1 Å². The Labute approximate surface area is 110 Å². The Balaban J connectivity index is 1.86. The SMILES string of the molecule is COCCN1CCCNC(Cc2ccccc2)C1. The molecule has 1 atom stereocenters. The monoisotopic (exact) mass is 248 g/mol. The molecule has 100 valence electrons. The van der Waals surface area contributed by atoms with E-state index in [4.69, 9.17) is 4.74 Å². The van der Waals surface area contributed by atoms with Crippen LogP contribution in [0.1, 0.15) is 12.0 Å². The van der Waals surface area contributed by atoms with Crippen molar-refractivity contribution in [1.29, 1.82) is 0 Å². The molecule has 0 amide bonds. The first-order valence-corrected chi connectivity index (χ1v) is 6.87. The third-order valence-electron chi connectivity index (χ3n) is 3.50. The van der Waals surface area contributed by atoms with Gasteiger partial charge in [0.05, 0.1) is 6.61 Å². The minimum atomic E-state index is 0.562. The molecule has 0 aromatic heterocycles. The molecular formula is C15H24N2O. The second-order valence-corrected chi connectivity index (χ2v) is 4.99. The number of benzene rings is 1. The molecule has 0 bridgehead atoms. The van der Waals surface area contributed by atoms with Gasteiger partial charge in [-0.15, -0.1) is 0 Å². The largest absolute Gasteiger partial charge is 0.383 e. The van der Waals surface area contributed by atoms with E-state index in [1.54, 1.807) is 7.11 Å². The highest BCUT2D eigenvalue weighted by Gasteiger charge is 2.17. The van der Waals surface area contributed by atoms with Crippen molar-refractivity contribution < 1.29 is 4.74 Å². The van der Waals surface area contributed by atoms with Crippen molar-refractivity contribution in [2.75, 3.05) is 39.9 Å². The average Bonchev–Trinajstić information content (AvgIpc) is 2.63. The Bertz CT molecular complexity index is 329. The van der Waals surface area contributed by atoms with Crippen LogP contribution in [0.3, 0.4) is 0 Å². The third-order valence-corrected chi connectivity index (χ3v) is 3.50. The molecule has 1 aliphatic heterocycles. The Morgan fingerprint density at radius 2 is 2.17 bits per heavy atom. The van der Waals surface area contributed by atoms with Gasteiger partial charge >= 0.3 is 0 Å². The van der Waals surface area contributed by atoms with Gasteiger partial charge in [-0.05, 0) is 31.5 Å². The summed E-state index contributed by atoms with van der Waals surface area (Å²) in [5.41, 5.74) is 1.42. The zero-order valence-electron chi connectivity index (χ0n) is 11.3. The Kier molecular flexibility index (Phi) is 5.65. The van der Waals surface area contributed by atoms with Crippen molar-refractivity contribution in [1.82, 2.24) is 10.2 Å². The van der Waals surface area contributed by atoms with E-state index in [1.807, 2.05) is 0 Å². The molecule has 2 rings (SSSR count). The van der Waals surface area contributed by atoms with Gasteiger partial charge in [0.1, 0.15) is 0 Å². The maximum atomic E-state index is 5.18. The summed E-state index contributed by atoms with van der Waals surface area (Å²) in [4.78, 5) is 2.51. The quantitative estimate of drug-likeness (QED) is 0.855. The summed E-state index contributed by atoms with van der Waals surface area (Å²) in [7, 11) is 1.78. The fourth-order valence-electron chi connectivity index (χ4n) is 2.54. The van der Waals surface area contributed by atoms with Gasteiger partial charge in [0.15, 0.2) is 0 Å². The summed E-state index contributed by atoms with van der Waals surface area (Å²) >= 11 is 0. The molecule has 1 fully saturated rings. The zero-order chi connectivity index (χ0) is 12.6. The van der Waals surface area contributed by atoms with Crippen LogP contribution in [0.15, 0.2) is 30.3 Å². The molecule has 3 heteroatoms. The molecular weight excluding hydrogens is 224 g/mol. The second-order valence-electron chi connectivity index (χ2n) is 4.99. The molecule has 0 aliphatic carbocycles. The molecule has 18 heavy (non-hydrogen) atoms. The van der Waals surface area contributed by atoms with Crippen LogP contribution in [-0.4, -0.2) is 50.8 Å². The fraction of sp³-hybridized carbons (Fsp3) is 0.600. The third kappa shape index (κ3) is 4.41. The number of ether oxygens (including phenoxy) is 1. The molecule has 1 aliphatic rings. The molecule has 3 nitrogen and oxygen atoms in total. The second kappa shape index (κ2) is 7.52. The summed E-state index contributed by atoms with van der Waals surface area (Å²) < 4.78 is 5.18. The van der Waals surface area contributed by atoms with Crippen molar-refractivity contribution in [3.05, 3.63) is 35.9 Å². The molecule has 1 aromatic carbocycles. The van der Waals surface area contributed by atoms with Gasteiger partial charge in [0.2, 0.25) is 0 Å². The molecule has 0 spiro atoms. The zero-order valence-corrected chi connectivity index (χ0v) is 11.3. The van der Waals surface area contributed by atoms with Crippen molar-refractivity contribution in [3.8, 4) is 0 Å². The summed E-state index contributed by atoms with van der Waals surface area (Å²) in [5, 5.41) is 3.65. The van der Waals surface area contributed by atoms with Crippen molar-refractivity contribution in [2.45, 2.75) is 18.9 Å². The fourth-order valence-corrected chi connectivity index (χ4v) is 2.54. The lowest BCUT2D eigenvalue weighted by Crippen LogP contribution is -2.40. The molecule has 0 radical (unpaired) electrons. The molecule has 0 saturated carbocycles. The van der Waals surface area contributed by atoms with Crippen LogP contribution in [-0.2, 0) is 11.2 Å². The number of methoxy groups -OCH3 is 1. The normalized spacial score (nSPS) is 21.7. The molecule has 1 saturated heterocycles. The predicted molar refractivity (Wildman–Crippen MR) is 74.9 cm³/mol. The number of hydrogen-bond donors (Lipinski definition) is 1. The van der Waals surface area contributed by atoms with Crippen molar-refractivity contribution in [2.24, 2.45) is 0 Å². The first kappa shape index (κ1) is 13.5. The number of hydrogen-bond acceptors (Lipinski definition) is 3. The Morgan fingerprint density at radius 1 is 1.33 bits per heavy atom. The van der Waals surface area contributed by atoms with E-state index < -0.39 is 0 Å². The van der Waals surface area contributed by atoms with Crippen molar-refractivity contribution >= 4 is 0 Å². The summed E-state index contributed by atoms with van der Waals surface area (Å²) in [5.74, 6) is 0. The van der Waals surface area contributed by atoms with Gasteiger partial charge in [-0.3, -0.25) is 4.90 Å². The van der Waals surface area contributed by atoms with E-state index in [0.717, 1.165) is 32.7 Å². The Morgan fingerprint density at radius 3 is 2.94 bits per heavy atom. The number of rotatable bonds is 5. The Hall–Kier alpha value is -0.900. The van der Waals surface area contributed by atoms with Gasteiger partial charge in [-0.2, -0.15) is 0 Å². The number of nitrogens with zero attached hydrogens (tertiary/aromatic N) is 1. The predicted octanol–water partition coefficient (Wildman–Crippen LogP) is 1.54. The smallest absolute Gasteiger partial charge is 0.0589 e. The van der Waals surface area contributed by atoms with Gasteiger partial charge in [0, 0.05) is 26.2 Å². The van der Waals surface area contributed by atoms with Crippen LogP contribution < -0.4 is 5.32 Å². The summed E-state index contributed by atoms with van der Waals surface area (Å²) in [6.07, 6.45) is 2.35. The molecule has 1 N–H and O–H groups in total. The van der Waals surface area contributed by atoms with E-state index >= 15 is 0 Å². The topological polar surface area (TPSA) is 24.5 Å². The van der Waals surface area contributed by atoms with Crippen LogP contribution in [0, 0.1) is 0 Å². The summed E-state index contributed by atoms with van der Waals surface area (Å²) in [6.45, 7) is 5.31. The van der Waals surface area contributed by atoms with Gasteiger partial charge in [-0.1, -0.05) is 30.3 Å². The lowest BCUT2D eigenvalue weighted by Gasteiger charge is -2.24. The van der Waals surface area contributed by atoms with Crippen LogP contribution in [0.2, 0.25) is 0 Å². The lowest BCUT2D eigenvalue weighted by atomic mass is 10.1. The standard InChI is InChI=1S/C15H24N2O/c1-18-11-10-17-9-5-8-16-15(13-17)12-14-6-3-2-4-7-14/h2-4,6-7,15-16H,5,8-13H2,1H3. The van der Waals surface area contributed by atoms with Crippen LogP contribution >= 0.6 is 0 Å². The summed E-state index contributed by atoms with van der Waals surface area (Å²) in [6, 6.07) is 11.3. The van der Waals surface area contributed by atoms with E-state index in [-0.39, 0.29) is 0 Å². The first-order chi connectivity index (χ1) is 8.88. The van der Waals surface area contributed by atoms with E-state index in [2.05, 4.69) is 40.5 Å². The maximum absolute atomic E-state index is 5.18. The highest BCUT2D eigenvalue weighted by atomic mass is 16.5. The van der Waals surface area contributed by atoms with Crippen LogP contribution in [0.4, 0.5) is 0 Å². The van der Waals surface area contributed by atoms with E-state index in [9.17, 15) is 0 Å². The minimum Gasteiger partial charge on any atom is -0.383 e. The maximum Gasteiger partial charge on any atom is 0.0589 e. The highest BCUT2D eigenvalue weighted by Crippen LogP contribution is 2.07. The van der Waals surface area contributed by atoms with Crippen LogP contribution in [0.5, 0.6) is 0 Å². The van der Waals surface area contributed by atoms with Gasteiger partial charge in [0.25, 0.3) is 0 Å². The lowest BCUT2D eigenvalue weighted by molar-refractivity contribution is 0.146. The highest BCUT2D eigenvalue weighted by molar-refractivity contribution is 5.16. The molecule has 1 unspecified atom stereocenters. The van der Waals surface area contributed by atoms with E-state index in [0.29, 0.717) is 6.04 Å². The van der Waals surface area contributed by atoms with Gasteiger partial charge in [-0.25, -0.2) is 0 Å². The minimum absolute atomic E-state index is 0.562. The van der Waals surface area contributed by atoms with Crippen LogP contribution in [0.25, 0.3) is 0 Å². The molecule has 1 heterocycles. The molecule has 1 aromatic rings. The first-order valence-electron chi connectivity index (χ1n) is 6.87. The van der Waals surface area contributed by atoms with E-state index in [1.165, 1.54) is 18.5 Å². The van der Waals surface area contributed by atoms with Crippen molar-refractivity contribution in [3.63, 3.8) is 0 Å². The number of nitrogens with one attached hydrogen (secondary N) is 1.